The first-order valence-corrected chi connectivity index (χ1v) is 8.37. The van der Waals surface area contributed by atoms with Crippen molar-refractivity contribution < 1.29 is 23.5 Å². The number of carbonyl (C=O) groups is 1. The fraction of sp³-hybridized carbons (Fsp3) is 0.250. The molecule has 0 bridgehead atoms. The maximum atomic E-state index is 11.0. The highest BCUT2D eigenvalue weighted by molar-refractivity contribution is 5.79. The Bertz CT molecular complexity index is 746. The van der Waals surface area contributed by atoms with E-state index in [0.29, 0.717) is 30.9 Å². The minimum atomic E-state index is -0.736. The van der Waals surface area contributed by atoms with Crippen molar-refractivity contribution in [3.8, 4) is 5.75 Å². The van der Waals surface area contributed by atoms with Crippen molar-refractivity contribution in [3.63, 3.8) is 0 Å². The molecule has 0 spiro atoms. The summed E-state index contributed by atoms with van der Waals surface area (Å²) >= 11 is 0. The zero-order valence-electron chi connectivity index (χ0n) is 14.3. The summed E-state index contributed by atoms with van der Waals surface area (Å²) in [7, 11) is 0. The largest absolute Gasteiger partial charge is 0.490 e. The van der Waals surface area contributed by atoms with Crippen LogP contribution in [0.5, 0.6) is 5.75 Å². The van der Waals surface area contributed by atoms with Crippen LogP contribution in [-0.2, 0) is 13.1 Å². The van der Waals surface area contributed by atoms with E-state index in [1.807, 2.05) is 29.2 Å². The predicted molar refractivity (Wildman–Crippen MR) is 94.9 cm³/mol. The Kier molecular flexibility index (Phi) is 6.24. The van der Waals surface area contributed by atoms with E-state index in [4.69, 9.17) is 13.6 Å². The van der Waals surface area contributed by atoms with Crippen molar-refractivity contribution >= 4 is 6.29 Å². The molecule has 0 aliphatic heterocycles. The van der Waals surface area contributed by atoms with Crippen molar-refractivity contribution in [2.45, 2.75) is 19.2 Å². The molecule has 0 amide bonds. The van der Waals surface area contributed by atoms with Crippen molar-refractivity contribution in [2.75, 3.05) is 13.2 Å². The fourth-order valence-corrected chi connectivity index (χ4v) is 2.68. The van der Waals surface area contributed by atoms with E-state index >= 15 is 0 Å². The molecule has 0 saturated carbocycles. The summed E-state index contributed by atoms with van der Waals surface area (Å²) in [6.07, 6.45) is 3.24. The zero-order chi connectivity index (χ0) is 18.2. The van der Waals surface area contributed by atoms with Gasteiger partial charge in [0, 0.05) is 6.54 Å². The molecule has 0 aliphatic rings. The molecule has 26 heavy (non-hydrogen) atoms. The van der Waals surface area contributed by atoms with Gasteiger partial charge in [0.05, 0.1) is 31.2 Å². The van der Waals surface area contributed by atoms with Gasteiger partial charge in [-0.3, -0.25) is 9.69 Å². The van der Waals surface area contributed by atoms with Crippen molar-refractivity contribution in [1.29, 1.82) is 0 Å². The molecule has 6 heteroatoms. The summed E-state index contributed by atoms with van der Waals surface area (Å²) in [4.78, 5) is 13.0. The van der Waals surface area contributed by atoms with Crippen LogP contribution in [0.1, 0.15) is 21.9 Å². The number of hydrogen-bond donors (Lipinski definition) is 1. The molecule has 2 heterocycles. The van der Waals surface area contributed by atoms with Gasteiger partial charge in [0.1, 0.15) is 30.0 Å². The first-order chi connectivity index (χ1) is 12.7. The van der Waals surface area contributed by atoms with Crippen molar-refractivity contribution in [3.05, 3.63) is 78.1 Å². The molecule has 1 unspecified atom stereocenters. The SMILES string of the molecule is O=Cc1ccccc1OCC(O)CN(Cc1ccco1)Cc1ccco1. The number of carbonyl (C=O) groups excluding carboxylic acids is 1. The van der Waals surface area contributed by atoms with Gasteiger partial charge in [-0.15, -0.1) is 0 Å². The number of ether oxygens (including phenoxy) is 1. The van der Waals surface area contributed by atoms with Gasteiger partial charge in [-0.1, -0.05) is 12.1 Å². The van der Waals surface area contributed by atoms with Crippen LogP contribution in [-0.4, -0.2) is 35.5 Å². The molecule has 0 radical (unpaired) electrons. The molecule has 1 atom stereocenters. The first kappa shape index (κ1) is 18.0. The number of rotatable bonds is 10. The maximum Gasteiger partial charge on any atom is 0.153 e. The Morgan fingerprint density at radius 1 is 1.00 bits per heavy atom. The molecule has 3 aromatic rings. The highest BCUT2D eigenvalue weighted by atomic mass is 16.5. The number of furan rings is 2. The summed E-state index contributed by atoms with van der Waals surface area (Å²) in [6, 6.07) is 14.4. The topological polar surface area (TPSA) is 76.1 Å². The van der Waals surface area contributed by atoms with Gasteiger partial charge in [-0.25, -0.2) is 0 Å². The normalized spacial score (nSPS) is 12.2. The minimum Gasteiger partial charge on any atom is -0.490 e. The number of aliphatic hydroxyl groups excluding tert-OH is 1. The molecule has 136 valence electrons. The van der Waals surface area contributed by atoms with Gasteiger partial charge in [0.15, 0.2) is 6.29 Å². The molecule has 0 fully saturated rings. The summed E-state index contributed by atoms with van der Waals surface area (Å²) in [5, 5.41) is 10.4. The third-order valence-electron chi connectivity index (χ3n) is 3.87. The van der Waals surface area contributed by atoms with E-state index in [0.717, 1.165) is 17.8 Å². The van der Waals surface area contributed by atoms with Crippen LogP contribution >= 0.6 is 0 Å². The molecule has 0 saturated heterocycles. The third-order valence-corrected chi connectivity index (χ3v) is 3.87. The minimum absolute atomic E-state index is 0.0810. The Morgan fingerprint density at radius 2 is 1.65 bits per heavy atom. The lowest BCUT2D eigenvalue weighted by molar-refractivity contribution is 0.0576. The second-order valence-electron chi connectivity index (χ2n) is 5.95. The van der Waals surface area contributed by atoms with Gasteiger partial charge in [-0.05, 0) is 36.4 Å². The highest BCUT2D eigenvalue weighted by Gasteiger charge is 2.16. The third kappa shape index (κ3) is 5.08. The van der Waals surface area contributed by atoms with Crippen LogP contribution in [0, 0.1) is 0 Å². The second-order valence-corrected chi connectivity index (χ2v) is 5.95. The molecule has 1 aromatic carbocycles. The maximum absolute atomic E-state index is 11.0. The Hall–Kier alpha value is -2.83. The molecular weight excluding hydrogens is 334 g/mol. The van der Waals surface area contributed by atoms with Gasteiger partial charge >= 0.3 is 0 Å². The Balaban J connectivity index is 1.58. The van der Waals surface area contributed by atoms with Crippen LogP contribution in [0.15, 0.2) is 69.9 Å². The lowest BCUT2D eigenvalue weighted by atomic mass is 10.2. The Labute approximate surface area is 151 Å². The standard InChI is InChI=1S/C20H21NO5/c22-14-16-5-1-2-8-20(16)26-15-17(23)11-21(12-18-6-3-9-24-18)13-19-7-4-10-25-19/h1-10,14,17,23H,11-13,15H2. The number of aldehydes is 1. The summed E-state index contributed by atoms with van der Waals surface area (Å²) in [5.41, 5.74) is 0.461. The molecule has 3 rings (SSSR count). The van der Waals surface area contributed by atoms with Crippen LogP contribution < -0.4 is 4.74 Å². The quantitative estimate of drug-likeness (QED) is 0.563. The zero-order valence-corrected chi connectivity index (χ0v) is 14.3. The van der Waals surface area contributed by atoms with Gasteiger partial charge in [0.2, 0.25) is 0 Å². The van der Waals surface area contributed by atoms with Crippen LogP contribution in [0.3, 0.4) is 0 Å². The van der Waals surface area contributed by atoms with Crippen LogP contribution in [0.4, 0.5) is 0 Å². The second kappa shape index (κ2) is 9.03. The summed E-state index contributed by atoms with van der Waals surface area (Å²) in [6.45, 7) is 1.52. The van der Waals surface area contributed by atoms with E-state index < -0.39 is 6.10 Å². The Morgan fingerprint density at radius 3 is 2.23 bits per heavy atom. The monoisotopic (exact) mass is 355 g/mol. The first-order valence-electron chi connectivity index (χ1n) is 8.37. The van der Waals surface area contributed by atoms with Crippen molar-refractivity contribution in [2.24, 2.45) is 0 Å². The van der Waals surface area contributed by atoms with E-state index in [1.165, 1.54) is 0 Å². The molecule has 1 N–H and O–H groups in total. The smallest absolute Gasteiger partial charge is 0.153 e. The number of nitrogens with zero attached hydrogens (tertiary/aromatic N) is 1. The van der Waals surface area contributed by atoms with E-state index in [1.54, 1.807) is 36.8 Å². The number of benzene rings is 1. The fourth-order valence-electron chi connectivity index (χ4n) is 2.68. The molecule has 6 nitrogen and oxygen atoms in total. The predicted octanol–water partition coefficient (Wildman–Crippen LogP) is 3.13. The van der Waals surface area contributed by atoms with E-state index in [-0.39, 0.29) is 6.61 Å². The van der Waals surface area contributed by atoms with Crippen LogP contribution in [0.2, 0.25) is 0 Å². The van der Waals surface area contributed by atoms with E-state index in [2.05, 4.69) is 0 Å². The van der Waals surface area contributed by atoms with Gasteiger partial charge in [-0.2, -0.15) is 0 Å². The van der Waals surface area contributed by atoms with Gasteiger partial charge in [0.25, 0.3) is 0 Å². The lowest BCUT2D eigenvalue weighted by Crippen LogP contribution is -2.35. The van der Waals surface area contributed by atoms with E-state index in [9.17, 15) is 9.90 Å². The summed E-state index contributed by atoms with van der Waals surface area (Å²) < 4.78 is 16.4. The lowest BCUT2D eigenvalue weighted by Gasteiger charge is -2.23. The average molecular weight is 355 g/mol. The van der Waals surface area contributed by atoms with Gasteiger partial charge < -0.3 is 18.7 Å². The molecule has 0 aliphatic carbocycles. The number of hydrogen-bond acceptors (Lipinski definition) is 6. The number of aliphatic hydroxyl groups is 1. The van der Waals surface area contributed by atoms with Crippen LogP contribution in [0.25, 0.3) is 0 Å². The molecule has 2 aromatic heterocycles. The summed E-state index contributed by atoms with van der Waals surface area (Å²) in [5.74, 6) is 2.07. The number of para-hydroxylation sites is 1. The highest BCUT2D eigenvalue weighted by Crippen LogP contribution is 2.16. The average Bonchev–Trinajstić information content (AvgIpc) is 3.34. The molecular formula is C20H21NO5. The van der Waals surface area contributed by atoms with Crippen molar-refractivity contribution in [1.82, 2.24) is 4.90 Å².